The Morgan fingerprint density at radius 2 is 1.92 bits per heavy atom. The van der Waals surface area contributed by atoms with Crippen molar-refractivity contribution in [1.29, 1.82) is 0 Å². The van der Waals surface area contributed by atoms with Gasteiger partial charge in [-0.2, -0.15) is 0 Å². The van der Waals surface area contributed by atoms with E-state index in [1.165, 1.54) is 25.7 Å². The van der Waals surface area contributed by atoms with E-state index in [9.17, 15) is 4.79 Å². The molecular formula is C18H20N4OS. The molecule has 0 atom stereocenters. The SMILES string of the molecule is O=C(NC1CCCCCC1)c1nc2sccn2c1-c1ccncc1. The van der Waals surface area contributed by atoms with E-state index in [0.29, 0.717) is 5.69 Å². The minimum atomic E-state index is -0.0652. The van der Waals surface area contributed by atoms with Crippen molar-refractivity contribution in [2.75, 3.05) is 0 Å². The Bertz CT molecular complexity index is 831. The molecule has 4 rings (SSSR count). The molecule has 124 valence electrons. The Kier molecular flexibility index (Phi) is 4.30. The number of hydrogen-bond donors (Lipinski definition) is 1. The summed E-state index contributed by atoms with van der Waals surface area (Å²) in [6.07, 6.45) is 12.5. The van der Waals surface area contributed by atoms with Gasteiger partial charge in [0, 0.05) is 35.6 Å². The van der Waals surface area contributed by atoms with Gasteiger partial charge in [0.15, 0.2) is 10.7 Å². The number of carbonyl (C=O) groups excluding carboxylic acids is 1. The van der Waals surface area contributed by atoms with Gasteiger partial charge in [-0.15, -0.1) is 11.3 Å². The van der Waals surface area contributed by atoms with Crippen molar-refractivity contribution < 1.29 is 4.79 Å². The van der Waals surface area contributed by atoms with E-state index in [-0.39, 0.29) is 11.9 Å². The van der Waals surface area contributed by atoms with Crippen LogP contribution in [-0.2, 0) is 0 Å². The molecule has 1 amide bonds. The highest BCUT2D eigenvalue weighted by molar-refractivity contribution is 7.15. The van der Waals surface area contributed by atoms with Crippen LogP contribution in [0.4, 0.5) is 0 Å². The van der Waals surface area contributed by atoms with Crippen LogP contribution < -0.4 is 5.32 Å². The normalized spacial score (nSPS) is 16.2. The molecule has 0 radical (unpaired) electrons. The number of nitrogens with zero attached hydrogens (tertiary/aromatic N) is 3. The Morgan fingerprint density at radius 1 is 1.17 bits per heavy atom. The number of rotatable bonds is 3. The molecule has 3 aromatic rings. The maximum Gasteiger partial charge on any atom is 0.272 e. The molecule has 0 aliphatic heterocycles. The molecule has 6 heteroatoms. The van der Waals surface area contributed by atoms with Gasteiger partial charge in [0.25, 0.3) is 5.91 Å². The number of carbonyl (C=O) groups is 1. The lowest BCUT2D eigenvalue weighted by molar-refractivity contribution is 0.0929. The third-order valence-electron chi connectivity index (χ3n) is 4.62. The number of fused-ring (bicyclic) bond motifs is 1. The molecule has 3 aromatic heterocycles. The van der Waals surface area contributed by atoms with Gasteiger partial charge in [-0.05, 0) is 25.0 Å². The summed E-state index contributed by atoms with van der Waals surface area (Å²) < 4.78 is 1.99. The first-order valence-electron chi connectivity index (χ1n) is 8.50. The second-order valence-electron chi connectivity index (χ2n) is 6.26. The molecule has 1 aliphatic rings. The topological polar surface area (TPSA) is 59.3 Å². The molecule has 24 heavy (non-hydrogen) atoms. The highest BCUT2D eigenvalue weighted by Crippen LogP contribution is 2.27. The zero-order chi connectivity index (χ0) is 16.4. The van der Waals surface area contributed by atoms with E-state index in [2.05, 4.69) is 15.3 Å². The fourth-order valence-corrected chi connectivity index (χ4v) is 4.12. The molecule has 0 aromatic carbocycles. The van der Waals surface area contributed by atoms with Crippen LogP contribution in [0.5, 0.6) is 0 Å². The number of hydrogen-bond acceptors (Lipinski definition) is 4. The van der Waals surface area contributed by atoms with Crippen LogP contribution in [0.2, 0.25) is 0 Å². The van der Waals surface area contributed by atoms with Crippen LogP contribution in [0, 0.1) is 0 Å². The second-order valence-corrected chi connectivity index (χ2v) is 7.14. The Balaban J connectivity index is 1.68. The van der Waals surface area contributed by atoms with Crippen LogP contribution in [0.3, 0.4) is 0 Å². The number of nitrogens with one attached hydrogen (secondary N) is 1. The predicted octanol–water partition coefficient (Wildman–Crippen LogP) is 3.91. The van der Waals surface area contributed by atoms with Gasteiger partial charge in [0.1, 0.15) is 0 Å². The van der Waals surface area contributed by atoms with Crippen molar-refractivity contribution in [3.63, 3.8) is 0 Å². The van der Waals surface area contributed by atoms with Crippen LogP contribution >= 0.6 is 11.3 Å². The first-order valence-corrected chi connectivity index (χ1v) is 9.38. The van der Waals surface area contributed by atoms with E-state index >= 15 is 0 Å². The Labute approximate surface area is 144 Å². The van der Waals surface area contributed by atoms with E-state index in [0.717, 1.165) is 29.1 Å². The van der Waals surface area contributed by atoms with E-state index in [4.69, 9.17) is 0 Å². The molecule has 1 aliphatic carbocycles. The predicted molar refractivity (Wildman–Crippen MR) is 95.3 cm³/mol. The number of thiazole rings is 1. The number of amides is 1. The lowest BCUT2D eigenvalue weighted by Gasteiger charge is -2.16. The summed E-state index contributed by atoms with van der Waals surface area (Å²) in [5.41, 5.74) is 2.32. The zero-order valence-electron chi connectivity index (χ0n) is 13.4. The summed E-state index contributed by atoms with van der Waals surface area (Å²) in [7, 11) is 0. The molecule has 5 nitrogen and oxygen atoms in total. The average molecular weight is 340 g/mol. The summed E-state index contributed by atoms with van der Waals surface area (Å²) in [6, 6.07) is 4.11. The van der Waals surface area contributed by atoms with Crippen molar-refractivity contribution >= 4 is 22.2 Å². The van der Waals surface area contributed by atoms with Crippen molar-refractivity contribution in [2.45, 2.75) is 44.6 Å². The smallest absolute Gasteiger partial charge is 0.272 e. The molecule has 1 saturated carbocycles. The molecule has 0 unspecified atom stereocenters. The standard InChI is InChI=1S/C18H20N4OS/c23-17(20-14-5-3-1-2-4-6-14)15-16(13-7-9-19-10-8-13)22-11-12-24-18(22)21-15/h7-12,14H,1-6H2,(H,20,23). The molecule has 0 saturated heterocycles. The fourth-order valence-electron chi connectivity index (χ4n) is 3.41. The van der Waals surface area contributed by atoms with Crippen LogP contribution in [0.25, 0.3) is 16.2 Å². The van der Waals surface area contributed by atoms with E-state index < -0.39 is 0 Å². The molecule has 1 N–H and O–H groups in total. The minimum absolute atomic E-state index is 0.0652. The van der Waals surface area contributed by atoms with Crippen LogP contribution in [0.15, 0.2) is 36.1 Å². The third-order valence-corrected chi connectivity index (χ3v) is 5.38. The Hall–Kier alpha value is -2.21. The van der Waals surface area contributed by atoms with E-state index in [1.807, 2.05) is 28.1 Å². The fraction of sp³-hybridized carbons (Fsp3) is 0.389. The van der Waals surface area contributed by atoms with Crippen LogP contribution in [0.1, 0.15) is 49.0 Å². The van der Waals surface area contributed by atoms with Crippen molar-refractivity contribution in [2.24, 2.45) is 0 Å². The van der Waals surface area contributed by atoms with Gasteiger partial charge in [-0.25, -0.2) is 4.98 Å². The maximum absolute atomic E-state index is 12.9. The minimum Gasteiger partial charge on any atom is -0.348 e. The highest BCUT2D eigenvalue weighted by Gasteiger charge is 2.23. The summed E-state index contributed by atoms with van der Waals surface area (Å²) in [6.45, 7) is 0. The van der Waals surface area contributed by atoms with Gasteiger partial charge in [-0.1, -0.05) is 25.7 Å². The van der Waals surface area contributed by atoms with Gasteiger partial charge in [0.05, 0.1) is 5.69 Å². The Morgan fingerprint density at radius 3 is 2.67 bits per heavy atom. The number of imidazole rings is 1. The van der Waals surface area contributed by atoms with E-state index in [1.54, 1.807) is 23.7 Å². The van der Waals surface area contributed by atoms with Gasteiger partial charge >= 0.3 is 0 Å². The molecule has 0 bridgehead atoms. The van der Waals surface area contributed by atoms with Crippen molar-refractivity contribution in [3.05, 3.63) is 41.8 Å². The van der Waals surface area contributed by atoms with Crippen LogP contribution in [-0.4, -0.2) is 26.3 Å². The second kappa shape index (κ2) is 6.73. The zero-order valence-corrected chi connectivity index (χ0v) is 14.3. The molecule has 1 fully saturated rings. The summed E-state index contributed by atoms with van der Waals surface area (Å²) in [5.74, 6) is -0.0652. The summed E-state index contributed by atoms with van der Waals surface area (Å²) >= 11 is 1.54. The average Bonchev–Trinajstić information content (AvgIpc) is 3.10. The quantitative estimate of drug-likeness (QED) is 0.735. The van der Waals surface area contributed by atoms with Gasteiger partial charge in [0.2, 0.25) is 0 Å². The van der Waals surface area contributed by atoms with Crippen molar-refractivity contribution in [3.8, 4) is 11.3 Å². The lowest BCUT2D eigenvalue weighted by atomic mass is 10.1. The summed E-state index contributed by atoms with van der Waals surface area (Å²) in [4.78, 5) is 22.4. The first-order chi connectivity index (χ1) is 11.8. The maximum atomic E-state index is 12.9. The molecule has 3 heterocycles. The lowest BCUT2D eigenvalue weighted by Crippen LogP contribution is -2.34. The van der Waals surface area contributed by atoms with Gasteiger partial charge in [-0.3, -0.25) is 14.2 Å². The third kappa shape index (κ3) is 2.94. The first kappa shape index (κ1) is 15.3. The number of pyridine rings is 1. The van der Waals surface area contributed by atoms with Gasteiger partial charge < -0.3 is 5.32 Å². The highest BCUT2D eigenvalue weighted by atomic mass is 32.1. The monoisotopic (exact) mass is 340 g/mol. The largest absolute Gasteiger partial charge is 0.348 e. The molecule has 0 spiro atoms. The summed E-state index contributed by atoms with van der Waals surface area (Å²) in [5, 5.41) is 5.20. The molecular weight excluding hydrogens is 320 g/mol. The number of aromatic nitrogens is 3. The van der Waals surface area contributed by atoms with Crippen molar-refractivity contribution in [1.82, 2.24) is 19.7 Å².